The number of rotatable bonds is 5. The molecule has 31 heavy (non-hydrogen) atoms. The number of hydrogen-bond donors (Lipinski definition) is 0. The number of hydrogen-bond acceptors (Lipinski definition) is 4. The molecule has 0 radical (unpaired) electrons. The molecule has 4 rings (SSSR count). The van der Waals surface area contributed by atoms with Crippen LogP contribution in [0, 0.1) is 5.82 Å². The summed E-state index contributed by atoms with van der Waals surface area (Å²) in [7, 11) is 1.70. The fraction of sp³-hybridized carbons (Fsp3) is 0.261. The second-order valence-corrected chi connectivity index (χ2v) is 7.05. The van der Waals surface area contributed by atoms with Gasteiger partial charge in [0.05, 0.1) is 7.11 Å². The molecule has 0 atom stereocenters. The second-order valence-electron chi connectivity index (χ2n) is 7.05. The highest BCUT2D eigenvalue weighted by Crippen LogP contribution is 2.23. The van der Waals surface area contributed by atoms with Gasteiger partial charge in [-0.3, -0.25) is 9.88 Å². The van der Waals surface area contributed by atoms with E-state index in [1.54, 1.807) is 19.2 Å². The molecule has 0 N–H and O–H groups in total. The molecule has 0 saturated carbocycles. The minimum Gasteiger partial charge on any atom is -0.497 e. The van der Waals surface area contributed by atoms with Gasteiger partial charge in [0.2, 0.25) is 0 Å². The normalized spacial score (nSPS) is 13.4. The van der Waals surface area contributed by atoms with Crippen LogP contribution in [0.3, 0.4) is 0 Å². The van der Waals surface area contributed by atoms with E-state index in [9.17, 15) is 4.39 Å². The lowest BCUT2D eigenvalue weighted by Crippen LogP contribution is -2.45. The van der Waals surface area contributed by atoms with Gasteiger partial charge in [0.25, 0.3) is 0 Å². The average Bonchev–Trinajstić information content (AvgIpc) is 2.75. The molecular weight excluding hydrogens is 460 g/mol. The Labute approximate surface area is 201 Å². The van der Waals surface area contributed by atoms with Crippen LogP contribution in [-0.4, -0.2) is 43.2 Å². The molecule has 1 aliphatic rings. The molecule has 1 saturated heterocycles. The maximum atomic E-state index is 13.2. The van der Waals surface area contributed by atoms with Crippen LogP contribution in [0.15, 0.2) is 67.0 Å². The number of benzene rings is 2. The molecule has 2 heterocycles. The summed E-state index contributed by atoms with van der Waals surface area (Å²) >= 11 is 0. The van der Waals surface area contributed by atoms with Crippen LogP contribution >= 0.6 is 37.2 Å². The number of anilines is 1. The zero-order chi connectivity index (χ0) is 19.3. The van der Waals surface area contributed by atoms with Crippen molar-refractivity contribution in [1.29, 1.82) is 0 Å². The first-order chi connectivity index (χ1) is 13.7. The Hall–Kier alpha value is -2.05. The van der Waals surface area contributed by atoms with Crippen molar-refractivity contribution in [2.45, 2.75) is 6.54 Å². The highest BCUT2D eigenvalue weighted by atomic mass is 35.5. The van der Waals surface area contributed by atoms with Gasteiger partial charge in [-0.1, -0.05) is 18.2 Å². The van der Waals surface area contributed by atoms with Crippen LogP contribution in [0.5, 0.6) is 5.75 Å². The topological polar surface area (TPSA) is 28.6 Å². The highest BCUT2D eigenvalue weighted by molar-refractivity contribution is 5.86. The maximum Gasteiger partial charge on any atom is 0.123 e. The van der Waals surface area contributed by atoms with Crippen LogP contribution in [-0.2, 0) is 6.54 Å². The molecule has 0 amide bonds. The first kappa shape index (κ1) is 27.0. The van der Waals surface area contributed by atoms with E-state index in [2.05, 4.69) is 33.0 Å². The number of piperazine rings is 1. The van der Waals surface area contributed by atoms with Gasteiger partial charge < -0.3 is 9.64 Å². The fourth-order valence-corrected chi connectivity index (χ4v) is 3.60. The predicted molar refractivity (Wildman–Crippen MR) is 132 cm³/mol. The number of methoxy groups -OCH3 is 1. The molecule has 1 fully saturated rings. The maximum absolute atomic E-state index is 13.2. The van der Waals surface area contributed by atoms with E-state index in [-0.39, 0.29) is 43.0 Å². The Kier molecular flexibility index (Phi) is 11.1. The summed E-state index contributed by atoms with van der Waals surface area (Å²) in [5.41, 5.74) is 4.39. The van der Waals surface area contributed by atoms with Gasteiger partial charge in [0, 0.05) is 62.4 Å². The molecule has 0 aliphatic carbocycles. The molecule has 0 spiro atoms. The third-order valence-corrected chi connectivity index (χ3v) is 5.17. The zero-order valence-corrected chi connectivity index (χ0v) is 19.7. The first-order valence-electron chi connectivity index (χ1n) is 9.52. The summed E-state index contributed by atoms with van der Waals surface area (Å²) in [5.74, 6) is 0.672. The lowest BCUT2D eigenvalue weighted by atomic mass is 10.1. The minimum atomic E-state index is -0.221. The van der Waals surface area contributed by atoms with Crippen molar-refractivity contribution < 1.29 is 9.13 Å². The zero-order valence-electron chi connectivity index (χ0n) is 17.2. The molecule has 4 nitrogen and oxygen atoms in total. The number of pyridine rings is 1. The summed E-state index contributed by atoms with van der Waals surface area (Å²) in [6, 6.07) is 16.9. The van der Waals surface area contributed by atoms with E-state index >= 15 is 0 Å². The third-order valence-electron chi connectivity index (χ3n) is 5.17. The van der Waals surface area contributed by atoms with Gasteiger partial charge in [0.15, 0.2) is 0 Å². The van der Waals surface area contributed by atoms with Crippen molar-refractivity contribution in [3.05, 3.63) is 78.4 Å². The number of aromatic nitrogens is 1. The summed E-state index contributed by atoms with van der Waals surface area (Å²) in [4.78, 5) is 9.23. The van der Waals surface area contributed by atoms with Crippen LogP contribution < -0.4 is 9.64 Å². The monoisotopic (exact) mass is 485 g/mol. The van der Waals surface area contributed by atoms with Crippen LogP contribution in [0.4, 0.5) is 10.1 Å². The number of nitrogens with zero attached hydrogens (tertiary/aromatic N) is 3. The van der Waals surface area contributed by atoms with Gasteiger partial charge in [-0.15, -0.1) is 37.2 Å². The molecule has 1 aromatic heterocycles. The first-order valence-corrected chi connectivity index (χ1v) is 9.52. The summed E-state index contributed by atoms with van der Waals surface area (Å²) in [6.45, 7) is 4.83. The van der Waals surface area contributed by atoms with Gasteiger partial charge >= 0.3 is 0 Å². The summed E-state index contributed by atoms with van der Waals surface area (Å²) < 4.78 is 18.5. The Bertz CT molecular complexity index is 935. The Morgan fingerprint density at radius 1 is 0.871 bits per heavy atom. The number of ether oxygens (including phenoxy) is 1. The molecule has 168 valence electrons. The Morgan fingerprint density at radius 2 is 1.58 bits per heavy atom. The van der Waals surface area contributed by atoms with Gasteiger partial charge in [-0.25, -0.2) is 4.39 Å². The van der Waals surface area contributed by atoms with Crippen molar-refractivity contribution in [3.63, 3.8) is 0 Å². The molecule has 0 unspecified atom stereocenters. The Balaban J connectivity index is 0.00000160. The van der Waals surface area contributed by atoms with Crippen molar-refractivity contribution in [1.82, 2.24) is 9.88 Å². The quantitative estimate of drug-likeness (QED) is 0.477. The number of halogens is 4. The highest BCUT2D eigenvalue weighted by Gasteiger charge is 2.18. The standard InChI is InChI=1S/C23H24FN3O.3ClH/c1-28-23-4-2-3-22(14-23)27-11-9-26(10-12-27)17-18-13-20(16-25-15-18)19-5-7-21(24)8-6-19;;;/h2-8,13-16H,9-12,17H2,1H3;3*1H. The molecular formula is C23H27Cl3FN3O. The van der Waals surface area contributed by atoms with Gasteiger partial charge in [-0.05, 0) is 41.5 Å². The summed E-state index contributed by atoms with van der Waals surface area (Å²) in [6.07, 6.45) is 3.75. The average molecular weight is 487 g/mol. The largest absolute Gasteiger partial charge is 0.497 e. The fourth-order valence-electron chi connectivity index (χ4n) is 3.60. The molecule has 8 heteroatoms. The summed E-state index contributed by atoms with van der Waals surface area (Å²) in [5, 5.41) is 0. The second kappa shape index (κ2) is 12.7. The van der Waals surface area contributed by atoms with E-state index in [4.69, 9.17) is 4.74 Å². The SMILES string of the molecule is COc1cccc(N2CCN(Cc3cncc(-c4ccc(F)cc4)c3)CC2)c1.Cl.Cl.Cl. The third kappa shape index (κ3) is 6.97. The van der Waals surface area contributed by atoms with Crippen molar-refractivity contribution >= 4 is 42.9 Å². The minimum absolute atomic E-state index is 0. The lowest BCUT2D eigenvalue weighted by molar-refractivity contribution is 0.249. The lowest BCUT2D eigenvalue weighted by Gasteiger charge is -2.36. The van der Waals surface area contributed by atoms with Crippen molar-refractivity contribution in [3.8, 4) is 16.9 Å². The van der Waals surface area contributed by atoms with Crippen LogP contribution in [0.1, 0.15) is 5.56 Å². The predicted octanol–water partition coefficient (Wildman–Crippen LogP) is 5.48. The molecule has 0 bridgehead atoms. The van der Waals surface area contributed by atoms with E-state index in [1.807, 2.05) is 24.5 Å². The van der Waals surface area contributed by atoms with Crippen LogP contribution in [0.2, 0.25) is 0 Å². The van der Waals surface area contributed by atoms with E-state index in [0.29, 0.717) is 0 Å². The van der Waals surface area contributed by atoms with Gasteiger partial charge in [0.1, 0.15) is 11.6 Å². The molecule has 3 aromatic rings. The van der Waals surface area contributed by atoms with E-state index in [0.717, 1.165) is 49.6 Å². The van der Waals surface area contributed by atoms with Crippen LogP contribution in [0.25, 0.3) is 11.1 Å². The van der Waals surface area contributed by atoms with Crippen molar-refractivity contribution in [2.75, 3.05) is 38.2 Å². The van der Waals surface area contributed by atoms with Gasteiger partial charge in [-0.2, -0.15) is 0 Å². The molecule has 1 aliphatic heterocycles. The van der Waals surface area contributed by atoms with E-state index in [1.165, 1.54) is 23.4 Å². The van der Waals surface area contributed by atoms with Crippen molar-refractivity contribution in [2.24, 2.45) is 0 Å². The molecule has 2 aromatic carbocycles. The van der Waals surface area contributed by atoms with E-state index < -0.39 is 0 Å². The smallest absolute Gasteiger partial charge is 0.123 e. The Morgan fingerprint density at radius 3 is 2.26 bits per heavy atom.